The van der Waals surface area contributed by atoms with Gasteiger partial charge in [0.05, 0.1) is 5.56 Å². The first-order valence-corrected chi connectivity index (χ1v) is 8.95. The van der Waals surface area contributed by atoms with E-state index >= 15 is 0 Å². The van der Waals surface area contributed by atoms with Gasteiger partial charge < -0.3 is 19.0 Å². The first-order chi connectivity index (χ1) is 14.4. The lowest BCUT2D eigenvalue weighted by molar-refractivity contribution is -0.142. The SMILES string of the molecule is CON=C(C(=O)N(C)C(=O)OCCOC(C)=O)c1ccccc1Oc1ccccc1. The van der Waals surface area contributed by atoms with Gasteiger partial charge >= 0.3 is 12.1 Å². The summed E-state index contributed by atoms with van der Waals surface area (Å²) in [5, 5.41) is 3.79. The van der Waals surface area contributed by atoms with Crippen LogP contribution in [-0.2, 0) is 23.9 Å². The number of amides is 2. The molecule has 0 aliphatic carbocycles. The number of hydrogen-bond acceptors (Lipinski definition) is 8. The molecule has 0 heterocycles. The van der Waals surface area contributed by atoms with Gasteiger partial charge in [0, 0.05) is 14.0 Å². The number of ether oxygens (including phenoxy) is 3. The van der Waals surface area contributed by atoms with Crippen LogP contribution < -0.4 is 4.74 Å². The highest BCUT2D eigenvalue weighted by molar-refractivity contribution is 6.47. The minimum absolute atomic E-state index is 0.115. The highest BCUT2D eigenvalue weighted by atomic mass is 16.6. The van der Waals surface area contributed by atoms with Gasteiger partial charge in [0.15, 0.2) is 5.71 Å². The predicted molar refractivity (Wildman–Crippen MR) is 107 cm³/mol. The summed E-state index contributed by atoms with van der Waals surface area (Å²) in [7, 11) is 2.52. The zero-order chi connectivity index (χ0) is 21.9. The maximum Gasteiger partial charge on any atom is 0.416 e. The average molecular weight is 414 g/mol. The maximum atomic E-state index is 12.9. The van der Waals surface area contributed by atoms with E-state index in [0.29, 0.717) is 17.1 Å². The molecule has 0 saturated heterocycles. The fourth-order valence-corrected chi connectivity index (χ4v) is 2.31. The predicted octanol–water partition coefficient (Wildman–Crippen LogP) is 2.99. The largest absolute Gasteiger partial charge is 0.462 e. The molecule has 0 unspecified atom stereocenters. The normalized spacial score (nSPS) is 10.7. The molecule has 0 N–H and O–H groups in total. The number of carbonyl (C=O) groups is 3. The molecule has 158 valence electrons. The third kappa shape index (κ3) is 6.33. The van der Waals surface area contributed by atoms with E-state index in [1.807, 2.05) is 18.2 Å². The smallest absolute Gasteiger partial charge is 0.416 e. The van der Waals surface area contributed by atoms with Crippen LogP contribution in [0.25, 0.3) is 0 Å². The Hall–Kier alpha value is -3.88. The molecule has 0 saturated carbocycles. The van der Waals surface area contributed by atoms with Crippen molar-refractivity contribution >= 4 is 23.7 Å². The van der Waals surface area contributed by atoms with E-state index in [2.05, 4.69) is 9.89 Å². The molecule has 0 atom stereocenters. The van der Waals surface area contributed by atoms with E-state index in [9.17, 15) is 14.4 Å². The zero-order valence-corrected chi connectivity index (χ0v) is 16.9. The van der Waals surface area contributed by atoms with Gasteiger partial charge in [0.1, 0.15) is 31.8 Å². The van der Waals surface area contributed by atoms with Crippen LogP contribution in [0.15, 0.2) is 59.8 Å². The van der Waals surface area contributed by atoms with Crippen molar-refractivity contribution in [3.8, 4) is 11.5 Å². The van der Waals surface area contributed by atoms with Gasteiger partial charge in [-0.25, -0.2) is 9.69 Å². The quantitative estimate of drug-likeness (QED) is 0.283. The van der Waals surface area contributed by atoms with Gasteiger partial charge in [-0.2, -0.15) is 0 Å². The van der Waals surface area contributed by atoms with Gasteiger partial charge in [0.2, 0.25) is 0 Å². The lowest BCUT2D eigenvalue weighted by Gasteiger charge is -2.17. The van der Waals surface area contributed by atoms with Crippen molar-refractivity contribution in [2.45, 2.75) is 6.92 Å². The fraction of sp³-hybridized carbons (Fsp3) is 0.238. The van der Waals surface area contributed by atoms with Crippen molar-refractivity contribution in [3.05, 3.63) is 60.2 Å². The maximum absolute atomic E-state index is 12.9. The van der Waals surface area contributed by atoms with Crippen LogP contribution in [0.4, 0.5) is 4.79 Å². The molecule has 0 fully saturated rings. The third-order valence-electron chi connectivity index (χ3n) is 3.69. The zero-order valence-electron chi connectivity index (χ0n) is 16.9. The molecule has 9 nitrogen and oxygen atoms in total. The summed E-state index contributed by atoms with van der Waals surface area (Å²) in [5.41, 5.74) is 0.177. The number of para-hydroxylation sites is 2. The first-order valence-electron chi connectivity index (χ1n) is 8.95. The molecule has 30 heavy (non-hydrogen) atoms. The van der Waals surface area contributed by atoms with E-state index in [1.165, 1.54) is 21.1 Å². The Morgan fingerprint density at radius 1 is 0.933 bits per heavy atom. The number of benzene rings is 2. The number of rotatable bonds is 8. The Balaban J connectivity index is 2.19. The molecule has 0 aromatic heterocycles. The minimum Gasteiger partial charge on any atom is -0.462 e. The van der Waals surface area contributed by atoms with E-state index in [4.69, 9.17) is 14.3 Å². The number of oxime groups is 1. The summed E-state index contributed by atoms with van der Waals surface area (Å²) in [6, 6.07) is 15.7. The van der Waals surface area contributed by atoms with Crippen molar-refractivity contribution in [1.82, 2.24) is 4.90 Å². The Morgan fingerprint density at radius 2 is 1.57 bits per heavy atom. The molecule has 2 aromatic carbocycles. The number of likely N-dealkylation sites (N-methyl/N-ethyl adjacent to an activating group) is 1. The van der Waals surface area contributed by atoms with Crippen LogP contribution in [0.3, 0.4) is 0 Å². The van der Waals surface area contributed by atoms with Crippen molar-refractivity contribution < 1.29 is 33.4 Å². The van der Waals surface area contributed by atoms with Crippen LogP contribution in [0.1, 0.15) is 12.5 Å². The minimum atomic E-state index is -0.933. The van der Waals surface area contributed by atoms with Crippen LogP contribution in [0.5, 0.6) is 11.5 Å². The van der Waals surface area contributed by atoms with E-state index in [0.717, 1.165) is 4.90 Å². The average Bonchev–Trinajstić information content (AvgIpc) is 2.75. The van der Waals surface area contributed by atoms with Crippen LogP contribution in [0.2, 0.25) is 0 Å². The molecule has 2 rings (SSSR count). The highest BCUT2D eigenvalue weighted by Gasteiger charge is 2.27. The molecular weight excluding hydrogens is 392 g/mol. The van der Waals surface area contributed by atoms with E-state index in [1.54, 1.807) is 36.4 Å². The lowest BCUT2D eigenvalue weighted by atomic mass is 10.1. The molecule has 0 spiro atoms. The number of esters is 1. The summed E-state index contributed by atoms with van der Waals surface area (Å²) in [4.78, 5) is 41.4. The Morgan fingerprint density at radius 3 is 2.23 bits per heavy atom. The molecule has 0 aliphatic rings. The van der Waals surface area contributed by atoms with Crippen LogP contribution >= 0.6 is 0 Å². The molecule has 2 aromatic rings. The van der Waals surface area contributed by atoms with Gasteiger partial charge in [-0.1, -0.05) is 35.5 Å². The topological polar surface area (TPSA) is 104 Å². The molecular formula is C21H22N2O7. The lowest BCUT2D eigenvalue weighted by Crippen LogP contribution is -2.39. The second-order valence-electron chi connectivity index (χ2n) is 5.85. The number of carbonyl (C=O) groups excluding carboxylic acids is 3. The summed E-state index contributed by atoms with van der Waals surface area (Å²) >= 11 is 0. The van der Waals surface area contributed by atoms with Crippen molar-refractivity contribution in [2.24, 2.45) is 5.16 Å². The van der Waals surface area contributed by atoms with Crippen molar-refractivity contribution in [1.29, 1.82) is 0 Å². The fourth-order valence-electron chi connectivity index (χ4n) is 2.31. The molecule has 2 amide bonds. The second kappa shape index (κ2) is 11.2. The third-order valence-corrected chi connectivity index (χ3v) is 3.69. The summed E-state index contributed by atoms with van der Waals surface area (Å²) in [6.07, 6.45) is -0.933. The molecule has 9 heteroatoms. The standard InChI is InChI=1S/C21H22N2O7/c1-15(24)28-13-14-29-21(26)23(2)20(25)19(22-27-3)17-11-7-8-12-18(17)30-16-9-5-4-6-10-16/h4-12H,13-14H2,1-3H3. The van der Waals surface area contributed by atoms with E-state index < -0.39 is 18.0 Å². The summed E-state index contributed by atoms with van der Waals surface area (Å²) in [6.45, 7) is 0.927. The van der Waals surface area contributed by atoms with Gasteiger partial charge in [-0.15, -0.1) is 0 Å². The van der Waals surface area contributed by atoms with Gasteiger partial charge in [-0.05, 0) is 24.3 Å². The van der Waals surface area contributed by atoms with Gasteiger partial charge in [-0.3, -0.25) is 9.59 Å². The molecule has 0 bridgehead atoms. The summed E-state index contributed by atoms with van der Waals surface area (Å²) in [5.74, 6) is -0.352. The van der Waals surface area contributed by atoms with E-state index in [-0.39, 0.29) is 18.9 Å². The molecule has 0 aliphatic heterocycles. The number of nitrogens with zero attached hydrogens (tertiary/aromatic N) is 2. The first kappa shape index (κ1) is 22.4. The number of imide groups is 1. The Labute approximate surface area is 173 Å². The van der Waals surface area contributed by atoms with Crippen molar-refractivity contribution in [3.63, 3.8) is 0 Å². The second-order valence-corrected chi connectivity index (χ2v) is 5.85. The Bertz CT molecular complexity index is 913. The monoisotopic (exact) mass is 414 g/mol. The highest BCUT2D eigenvalue weighted by Crippen LogP contribution is 2.26. The van der Waals surface area contributed by atoms with Gasteiger partial charge in [0.25, 0.3) is 5.91 Å². The summed E-state index contributed by atoms with van der Waals surface area (Å²) < 4.78 is 15.5. The van der Waals surface area contributed by atoms with Crippen LogP contribution in [-0.4, -0.2) is 56.0 Å². The van der Waals surface area contributed by atoms with Crippen LogP contribution in [0, 0.1) is 0 Å². The number of hydrogen-bond donors (Lipinski definition) is 0. The molecule has 0 radical (unpaired) electrons. The Kier molecular flexibility index (Phi) is 8.37. The van der Waals surface area contributed by atoms with Crippen molar-refractivity contribution in [2.75, 3.05) is 27.4 Å².